The maximum atomic E-state index is 13.6. The number of halogens is 3. The van der Waals surface area contributed by atoms with Gasteiger partial charge in [-0.1, -0.05) is 48.5 Å². The molecule has 232 valence electrons. The van der Waals surface area contributed by atoms with Crippen LogP contribution in [0.25, 0.3) is 11.4 Å². The van der Waals surface area contributed by atoms with Crippen molar-refractivity contribution in [3.05, 3.63) is 89.4 Å². The predicted molar refractivity (Wildman–Crippen MR) is 153 cm³/mol. The largest absolute Gasteiger partial charge is 0.476 e. The highest BCUT2D eigenvalue weighted by atomic mass is 19.4. The average molecular weight is 612 g/mol. The zero-order valence-corrected chi connectivity index (χ0v) is 23.9. The molecule has 1 unspecified atom stereocenters. The lowest BCUT2D eigenvalue weighted by Crippen LogP contribution is -2.49. The molecule has 44 heavy (non-hydrogen) atoms. The maximum Gasteiger partial charge on any atom is 0.435 e. The Morgan fingerprint density at radius 3 is 2.23 bits per heavy atom. The summed E-state index contributed by atoms with van der Waals surface area (Å²) in [5.41, 5.74) is -1.84. The van der Waals surface area contributed by atoms with E-state index in [0.29, 0.717) is 36.9 Å². The molecule has 1 aromatic heterocycles. The second kappa shape index (κ2) is 12.4. The van der Waals surface area contributed by atoms with Crippen LogP contribution in [0, 0.1) is 11.8 Å². The lowest BCUT2D eigenvalue weighted by atomic mass is 9.77. The molecular formula is C31H32F3N5O5. The smallest absolute Gasteiger partial charge is 0.435 e. The summed E-state index contributed by atoms with van der Waals surface area (Å²) in [6.45, 7) is 1.77. The SMILES string of the molecule is CC1([C@H]2CC[C@H](C(=O)NCCNC(=O)c3cn(-c4ccccc4)nc3C(F)(F)F)CC2)NC(C(=O)O)=C(c2ccccc2)O1. The molecule has 2 amide bonds. The van der Waals surface area contributed by atoms with Gasteiger partial charge in [-0.05, 0) is 44.7 Å². The van der Waals surface area contributed by atoms with Crippen LogP contribution in [0.15, 0.2) is 72.6 Å². The summed E-state index contributed by atoms with van der Waals surface area (Å²) < 4.78 is 48.0. The lowest BCUT2D eigenvalue weighted by Gasteiger charge is -2.38. The van der Waals surface area contributed by atoms with Gasteiger partial charge in [0.25, 0.3) is 5.91 Å². The Hall–Kier alpha value is -4.81. The number of benzene rings is 2. The Bertz CT molecular complexity index is 1550. The van der Waals surface area contributed by atoms with E-state index >= 15 is 0 Å². The van der Waals surface area contributed by atoms with Crippen LogP contribution in [0.1, 0.15) is 54.2 Å². The fourth-order valence-electron chi connectivity index (χ4n) is 5.69. The van der Waals surface area contributed by atoms with Crippen LogP contribution in [0.4, 0.5) is 13.2 Å². The molecule has 2 aromatic carbocycles. The van der Waals surface area contributed by atoms with Gasteiger partial charge in [-0.3, -0.25) is 9.59 Å². The molecule has 5 rings (SSSR count). The van der Waals surface area contributed by atoms with Crippen LogP contribution in [-0.4, -0.2) is 51.5 Å². The van der Waals surface area contributed by atoms with Gasteiger partial charge in [0.1, 0.15) is 0 Å². The molecule has 1 atom stereocenters. The molecule has 0 bridgehead atoms. The number of amides is 2. The molecule has 1 saturated carbocycles. The van der Waals surface area contributed by atoms with E-state index in [1.807, 2.05) is 13.0 Å². The zero-order chi connectivity index (χ0) is 31.5. The third-order valence-electron chi connectivity index (χ3n) is 8.00. The van der Waals surface area contributed by atoms with Gasteiger partial charge in [0, 0.05) is 36.7 Å². The van der Waals surface area contributed by atoms with Crippen LogP contribution < -0.4 is 16.0 Å². The molecular weight excluding hydrogens is 579 g/mol. The van der Waals surface area contributed by atoms with Gasteiger partial charge in [0.05, 0.1) is 11.3 Å². The van der Waals surface area contributed by atoms with E-state index in [0.717, 1.165) is 10.9 Å². The molecule has 1 aliphatic carbocycles. The number of hydrogen-bond acceptors (Lipinski definition) is 6. The molecule has 3 aromatic rings. The number of nitrogens with zero attached hydrogens (tertiary/aromatic N) is 2. The van der Waals surface area contributed by atoms with Crippen molar-refractivity contribution in [1.29, 1.82) is 0 Å². The maximum absolute atomic E-state index is 13.6. The van der Waals surface area contributed by atoms with Crippen molar-refractivity contribution >= 4 is 23.5 Å². The first-order chi connectivity index (χ1) is 21.0. The first kappa shape index (κ1) is 30.6. The van der Waals surface area contributed by atoms with Crippen molar-refractivity contribution in [2.75, 3.05) is 13.1 Å². The first-order valence-corrected chi connectivity index (χ1v) is 14.2. The average Bonchev–Trinajstić information content (AvgIpc) is 3.64. The fraction of sp³-hybridized carbons (Fsp3) is 0.355. The number of alkyl halides is 3. The number of carboxylic acids is 1. The van der Waals surface area contributed by atoms with E-state index in [1.165, 1.54) is 0 Å². The number of ether oxygens (including phenoxy) is 1. The minimum Gasteiger partial charge on any atom is -0.476 e. The first-order valence-electron chi connectivity index (χ1n) is 14.2. The van der Waals surface area contributed by atoms with Crippen molar-refractivity contribution in [2.45, 2.75) is 44.5 Å². The molecule has 2 heterocycles. The topological polar surface area (TPSA) is 135 Å². The van der Waals surface area contributed by atoms with Gasteiger partial charge in [0.2, 0.25) is 5.91 Å². The minimum absolute atomic E-state index is 0.00428. The van der Waals surface area contributed by atoms with E-state index in [2.05, 4.69) is 21.0 Å². The van der Waals surface area contributed by atoms with E-state index in [1.54, 1.807) is 54.6 Å². The predicted octanol–water partition coefficient (Wildman–Crippen LogP) is 4.33. The number of hydrogen-bond donors (Lipinski definition) is 4. The monoisotopic (exact) mass is 611 g/mol. The lowest BCUT2D eigenvalue weighted by molar-refractivity contribution is -0.141. The van der Waals surface area contributed by atoms with Gasteiger partial charge in [0.15, 0.2) is 22.9 Å². The quantitative estimate of drug-likeness (QED) is 0.265. The van der Waals surface area contributed by atoms with Gasteiger partial charge in [-0.15, -0.1) is 0 Å². The third-order valence-corrected chi connectivity index (χ3v) is 8.00. The Morgan fingerprint density at radius 2 is 1.61 bits per heavy atom. The fourth-order valence-corrected chi connectivity index (χ4v) is 5.69. The number of carbonyl (C=O) groups is 3. The molecule has 13 heteroatoms. The van der Waals surface area contributed by atoms with Gasteiger partial charge in [-0.25, -0.2) is 9.48 Å². The molecule has 0 radical (unpaired) electrons. The summed E-state index contributed by atoms with van der Waals surface area (Å²) in [5, 5.41) is 21.6. The van der Waals surface area contributed by atoms with Crippen LogP contribution in [0.3, 0.4) is 0 Å². The van der Waals surface area contributed by atoms with Gasteiger partial charge in [-0.2, -0.15) is 18.3 Å². The Balaban J connectivity index is 1.11. The highest BCUT2D eigenvalue weighted by Gasteiger charge is 2.46. The number of aliphatic carboxylic acids is 1. The van der Waals surface area contributed by atoms with Crippen molar-refractivity contribution in [3.63, 3.8) is 0 Å². The summed E-state index contributed by atoms with van der Waals surface area (Å²) in [5.74, 6) is -2.36. The van der Waals surface area contributed by atoms with Crippen LogP contribution >= 0.6 is 0 Å². The van der Waals surface area contributed by atoms with E-state index in [4.69, 9.17) is 4.74 Å². The number of carbonyl (C=O) groups excluding carboxylic acids is 2. The number of rotatable bonds is 9. The van der Waals surface area contributed by atoms with E-state index < -0.39 is 35.0 Å². The highest BCUT2D eigenvalue weighted by molar-refractivity contribution is 5.96. The molecule has 1 aliphatic heterocycles. The van der Waals surface area contributed by atoms with Crippen LogP contribution in [0.5, 0.6) is 0 Å². The molecule has 1 fully saturated rings. The highest BCUT2D eigenvalue weighted by Crippen LogP contribution is 2.42. The number of carboxylic acid groups (broad SMARTS) is 1. The summed E-state index contributed by atoms with van der Waals surface area (Å²) >= 11 is 0. The number of nitrogens with one attached hydrogen (secondary N) is 3. The Labute approximate surface area is 251 Å². The zero-order valence-electron chi connectivity index (χ0n) is 23.9. The summed E-state index contributed by atoms with van der Waals surface area (Å²) in [6, 6.07) is 17.1. The minimum atomic E-state index is -4.83. The number of para-hydroxylation sites is 1. The third kappa shape index (κ3) is 6.56. The molecule has 10 nitrogen and oxygen atoms in total. The molecule has 2 aliphatic rings. The van der Waals surface area contributed by atoms with E-state index in [-0.39, 0.29) is 42.3 Å². The normalized spacial score (nSPS) is 21.7. The standard InChI is InChI=1S/C31H32F3N5O5/c1-30(37-24(29(42)43)25(44-30)19-8-4-2-5-9-19)21-14-12-20(13-15-21)27(40)35-16-17-36-28(41)23-18-39(22-10-6-3-7-11-22)38-26(23)31(32,33)34/h2-11,18,20-21,37H,12-17H2,1H3,(H,35,40)(H,36,41)(H,42,43)/t20-,21-,30?. The van der Waals surface area contributed by atoms with Crippen molar-refractivity contribution in [1.82, 2.24) is 25.7 Å². The molecule has 0 saturated heterocycles. The molecule has 0 spiro atoms. The van der Waals surface area contributed by atoms with Crippen LogP contribution in [-0.2, 0) is 20.5 Å². The summed E-state index contributed by atoms with van der Waals surface area (Å²) in [6.07, 6.45) is -1.49. The van der Waals surface area contributed by atoms with Crippen molar-refractivity contribution < 1.29 is 37.4 Å². The Kier molecular flexibility index (Phi) is 8.66. The molecule has 4 N–H and O–H groups in total. The van der Waals surface area contributed by atoms with Crippen molar-refractivity contribution in [2.24, 2.45) is 11.8 Å². The summed E-state index contributed by atoms with van der Waals surface area (Å²) in [4.78, 5) is 37.4. The van der Waals surface area contributed by atoms with Gasteiger partial charge >= 0.3 is 12.1 Å². The van der Waals surface area contributed by atoms with Crippen molar-refractivity contribution in [3.8, 4) is 5.69 Å². The summed E-state index contributed by atoms with van der Waals surface area (Å²) in [7, 11) is 0. The van der Waals surface area contributed by atoms with E-state index in [9.17, 15) is 32.7 Å². The second-order valence-corrected chi connectivity index (χ2v) is 11.0. The van der Waals surface area contributed by atoms with Gasteiger partial charge < -0.3 is 25.8 Å². The van der Waals surface area contributed by atoms with Crippen LogP contribution in [0.2, 0.25) is 0 Å². The Morgan fingerprint density at radius 1 is 1.00 bits per heavy atom. The number of aromatic nitrogens is 2. The second-order valence-electron chi connectivity index (χ2n) is 11.0.